The Bertz CT molecular complexity index is 2510. The largest absolute Gasteiger partial charge is 0.394 e. The minimum absolute atomic E-state index is 0.101. The molecule has 1 aromatic carbocycles. The first-order chi connectivity index (χ1) is 42.0. The average Bonchev–Trinajstić information content (AvgIpc) is 3.50. The van der Waals surface area contributed by atoms with E-state index in [0.29, 0.717) is 24.8 Å². The third-order valence-corrected chi connectivity index (χ3v) is 16.8. The van der Waals surface area contributed by atoms with E-state index in [4.69, 9.17) is 22.9 Å². The summed E-state index contributed by atoms with van der Waals surface area (Å²) in [5.41, 5.74) is 22.0. The lowest BCUT2D eigenvalue weighted by molar-refractivity contribution is -0.136. The van der Waals surface area contributed by atoms with Crippen molar-refractivity contribution in [3.05, 3.63) is 35.9 Å². The van der Waals surface area contributed by atoms with Gasteiger partial charge in [-0.2, -0.15) is 4.31 Å². The van der Waals surface area contributed by atoms with E-state index in [-0.39, 0.29) is 25.3 Å². The SMILES string of the molecule is CCCCCCCCCCCCCCCCN([C@@H](CO)C(=O)N[C@@H](CO)C(N)=O)S(=O)(=O)C[C@H](CC(C)C)NC(=O)[C@@H](NC(=O)[C@H](C)NC(=O)CNC(=O)[C@H](Cc1ccccc1)NC(=O)[C@H](CC(N)=O)NC(=O)[C@H](CC(N)=O)NC(=O)[C@@H](N)CO)[C@@H](C)CC. The first kappa shape index (κ1) is 80.2. The number of aliphatic hydroxyl groups excluding tert-OH is 3. The first-order valence-corrected chi connectivity index (χ1v) is 32.5. The van der Waals surface area contributed by atoms with Crippen LogP contribution >= 0.6 is 0 Å². The lowest BCUT2D eigenvalue weighted by Crippen LogP contribution is -2.60. The predicted octanol–water partition coefficient (Wildman–Crippen LogP) is -2.13. The Morgan fingerprint density at radius 3 is 1.49 bits per heavy atom. The average molecular weight is 1280 g/mol. The monoisotopic (exact) mass is 1280 g/mol. The number of rotatable bonds is 49. The summed E-state index contributed by atoms with van der Waals surface area (Å²) in [6, 6.07) is -5.41. The molecule has 0 saturated carbocycles. The van der Waals surface area contributed by atoms with E-state index < -0.39 is 180 Å². The zero-order valence-corrected chi connectivity index (χ0v) is 53.5. The minimum atomic E-state index is -4.55. The number of carbonyl (C=O) groups is 11. The van der Waals surface area contributed by atoms with Gasteiger partial charge >= 0.3 is 0 Å². The Hall–Kier alpha value is -6.86. The van der Waals surface area contributed by atoms with Crippen LogP contribution < -0.4 is 65.5 Å². The summed E-state index contributed by atoms with van der Waals surface area (Å²) in [4.78, 5) is 144. The number of nitrogens with two attached hydrogens (primary N) is 4. The van der Waals surface area contributed by atoms with Crippen LogP contribution in [0.2, 0.25) is 0 Å². The van der Waals surface area contributed by atoms with Gasteiger partial charge in [0.2, 0.25) is 75.0 Å². The molecule has 11 amide bonds. The molecule has 19 N–H and O–H groups in total. The van der Waals surface area contributed by atoms with Crippen molar-refractivity contribution in [3.8, 4) is 0 Å². The summed E-state index contributed by atoms with van der Waals surface area (Å²) in [5.74, 6) is -12.7. The second-order valence-corrected chi connectivity index (χ2v) is 25.0. The van der Waals surface area contributed by atoms with Crippen molar-refractivity contribution in [1.82, 2.24) is 46.8 Å². The normalized spacial score (nSPS) is 14.9. The molecular formula is C59H103N13O16S. The number of primary amides is 3. The minimum Gasteiger partial charge on any atom is -0.394 e. The highest BCUT2D eigenvalue weighted by atomic mass is 32.2. The number of nitrogens with one attached hydrogen (secondary N) is 8. The van der Waals surface area contributed by atoms with Crippen molar-refractivity contribution in [3.63, 3.8) is 0 Å². The topological polar surface area (TPSA) is 486 Å². The maximum absolute atomic E-state index is 14.6. The smallest absolute Gasteiger partial charge is 0.243 e. The number of amides is 11. The van der Waals surface area contributed by atoms with E-state index >= 15 is 0 Å². The van der Waals surface area contributed by atoms with Crippen LogP contribution in [0.4, 0.5) is 0 Å². The van der Waals surface area contributed by atoms with Crippen molar-refractivity contribution >= 4 is 75.0 Å². The second kappa shape index (κ2) is 43.7. The number of nitrogens with zero attached hydrogens (tertiary/aromatic N) is 1. The van der Waals surface area contributed by atoms with E-state index in [1.165, 1.54) is 51.9 Å². The van der Waals surface area contributed by atoms with Gasteiger partial charge in [-0.1, -0.05) is 155 Å². The van der Waals surface area contributed by atoms with Crippen LogP contribution in [0.25, 0.3) is 0 Å². The molecule has 0 fully saturated rings. The number of unbranched alkanes of at least 4 members (excludes halogenated alkanes) is 13. The molecule has 0 aliphatic carbocycles. The van der Waals surface area contributed by atoms with Crippen LogP contribution in [0.3, 0.4) is 0 Å². The summed E-state index contributed by atoms with van der Waals surface area (Å²) in [6.07, 6.45) is 13.1. The predicted molar refractivity (Wildman–Crippen MR) is 332 cm³/mol. The second-order valence-electron chi connectivity index (χ2n) is 23.0. The van der Waals surface area contributed by atoms with E-state index in [9.17, 15) is 76.5 Å². The highest BCUT2D eigenvalue weighted by Gasteiger charge is 2.39. The maximum atomic E-state index is 14.6. The fraction of sp³-hybridized carbons (Fsp3) is 0.712. The fourth-order valence-electron chi connectivity index (χ4n) is 9.52. The molecule has 0 radical (unpaired) electrons. The van der Waals surface area contributed by atoms with Crippen molar-refractivity contribution in [2.45, 2.75) is 218 Å². The van der Waals surface area contributed by atoms with Gasteiger partial charge in [0.15, 0.2) is 0 Å². The highest BCUT2D eigenvalue weighted by molar-refractivity contribution is 7.89. The van der Waals surface area contributed by atoms with Gasteiger partial charge < -0.3 is 80.8 Å². The third-order valence-electron chi connectivity index (χ3n) is 14.8. The molecule has 0 spiro atoms. The van der Waals surface area contributed by atoms with Crippen molar-refractivity contribution in [1.29, 1.82) is 0 Å². The Balaban J connectivity index is 3.30. The van der Waals surface area contributed by atoms with Gasteiger partial charge in [0.05, 0.1) is 45.0 Å². The molecule has 10 atom stereocenters. The molecule has 0 aliphatic rings. The van der Waals surface area contributed by atoms with E-state index in [0.717, 1.165) is 36.4 Å². The summed E-state index contributed by atoms with van der Waals surface area (Å²) in [5, 5.41) is 48.7. The van der Waals surface area contributed by atoms with Crippen LogP contribution in [-0.2, 0) is 69.2 Å². The molecule has 30 heteroatoms. The lowest BCUT2D eigenvalue weighted by Gasteiger charge is -2.32. The van der Waals surface area contributed by atoms with Gasteiger partial charge in [0.1, 0.15) is 48.3 Å². The molecule has 0 unspecified atom stereocenters. The lowest BCUT2D eigenvalue weighted by atomic mass is 9.97. The molecule has 506 valence electrons. The molecule has 29 nitrogen and oxygen atoms in total. The zero-order chi connectivity index (χ0) is 67.2. The number of aliphatic hydroxyl groups is 3. The molecule has 0 heterocycles. The van der Waals surface area contributed by atoms with Gasteiger partial charge in [-0.3, -0.25) is 52.7 Å². The van der Waals surface area contributed by atoms with Crippen LogP contribution in [0, 0.1) is 11.8 Å². The van der Waals surface area contributed by atoms with Gasteiger partial charge in [0.25, 0.3) is 0 Å². The Kier molecular flexibility index (Phi) is 39.4. The number of hydrogen-bond donors (Lipinski definition) is 15. The van der Waals surface area contributed by atoms with E-state index in [1.54, 1.807) is 58.0 Å². The van der Waals surface area contributed by atoms with Crippen molar-refractivity contribution in [2.24, 2.45) is 34.8 Å². The summed E-state index contributed by atoms with van der Waals surface area (Å²) < 4.78 is 30.0. The summed E-state index contributed by atoms with van der Waals surface area (Å²) in [6.45, 7) is 6.80. The quantitative estimate of drug-likeness (QED) is 0.0310. The molecule has 1 rings (SSSR count). The molecule has 0 bridgehead atoms. The summed E-state index contributed by atoms with van der Waals surface area (Å²) >= 11 is 0. The Labute approximate surface area is 523 Å². The number of hydrogen-bond acceptors (Lipinski definition) is 17. The number of carbonyl (C=O) groups excluding carboxylic acids is 11. The Morgan fingerprint density at radius 1 is 0.539 bits per heavy atom. The molecule has 0 aliphatic heterocycles. The standard InChI is InChI=1S/C59H103N13O16S/c1-7-9-10-11-12-13-14-15-16-17-18-19-20-24-27-72(47(35-75)58(85)70-46(34-74)52(63)79)89(87,88)36-41(28-37(3)4)66-59(86)51(38(5)8-2)71-53(80)39(6)65-50(78)32-64-55(82)43(29-40-25-22-21-23-26-40)68-57(84)45(31-49(62)77)69-56(83)44(30-48(61)76)67-54(81)42(60)33-73/h21-23,25-26,37-39,41-47,51,73-75H,7-20,24,27-36,60H2,1-6H3,(H2,61,76)(H2,62,77)(H2,63,79)(H,64,82)(H,65,78)(H,66,86)(H,67,81)(H,68,84)(H,69,83)(H,70,85)(H,71,80)/t38-,39-,41-,42-,43-,44-,45-,46-,47-,51-/m0/s1. The number of benzene rings is 1. The molecule has 1 aromatic rings. The highest BCUT2D eigenvalue weighted by Crippen LogP contribution is 2.19. The van der Waals surface area contributed by atoms with Gasteiger partial charge in [-0.05, 0) is 37.2 Å². The van der Waals surface area contributed by atoms with Gasteiger partial charge in [-0.15, -0.1) is 0 Å². The third kappa shape index (κ3) is 32.5. The Morgan fingerprint density at radius 2 is 1.03 bits per heavy atom. The van der Waals surface area contributed by atoms with Gasteiger partial charge in [-0.25, -0.2) is 8.42 Å². The van der Waals surface area contributed by atoms with Crippen LogP contribution in [0.5, 0.6) is 0 Å². The van der Waals surface area contributed by atoms with Crippen molar-refractivity contribution < 1.29 is 76.5 Å². The van der Waals surface area contributed by atoms with Crippen molar-refractivity contribution in [2.75, 3.05) is 38.7 Å². The van der Waals surface area contributed by atoms with Crippen LogP contribution in [0.15, 0.2) is 30.3 Å². The maximum Gasteiger partial charge on any atom is 0.243 e. The van der Waals surface area contributed by atoms with E-state index in [2.05, 4.69) is 49.5 Å². The van der Waals surface area contributed by atoms with Gasteiger partial charge in [0, 0.05) is 19.0 Å². The molecule has 89 heavy (non-hydrogen) atoms. The summed E-state index contributed by atoms with van der Waals surface area (Å²) in [7, 11) is -4.55. The molecule has 0 aromatic heterocycles. The van der Waals surface area contributed by atoms with Crippen LogP contribution in [0.1, 0.15) is 163 Å². The fourth-order valence-corrected chi connectivity index (χ4v) is 11.4. The number of sulfonamides is 1. The molecule has 0 saturated heterocycles. The molecular weight excluding hydrogens is 1180 g/mol. The first-order valence-electron chi connectivity index (χ1n) is 30.9. The zero-order valence-electron chi connectivity index (χ0n) is 52.7. The van der Waals surface area contributed by atoms with Crippen LogP contribution in [-0.4, -0.2) is 186 Å². The van der Waals surface area contributed by atoms with E-state index in [1.807, 2.05) is 0 Å².